The number of nitrogens with two attached hydrogens (primary N) is 2. The largest absolute Gasteiger partial charge is 0.370 e. The molecule has 0 aliphatic rings. The lowest BCUT2D eigenvalue weighted by Crippen LogP contribution is -2.42. The first-order chi connectivity index (χ1) is 17.9. The van der Waals surface area contributed by atoms with Gasteiger partial charge in [0.1, 0.15) is 6.54 Å². The second-order valence-electron chi connectivity index (χ2n) is 8.52. The number of rotatable bonds is 10. The summed E-state index contributed by atoms with van der Waals surface area (Å²) in [5.41, 5.74) is 14.4. The van der Waals surface area contributed by atoms with Gasteiger partial charge in [-0.2, -0.15) is 0 Å². The summed E-state index contributed by atoms with van der Waals surface area (Å²) in [6.07, 6.45) is 2.64. The lowest BCUT2D eigenvalue weighted by atomic mass is 10.1. The Morgan fingerprint density at radius 1 is 0.865 bits per heavy atom. The molecule has 0 fully saturated rings. The molecular weight excluding hydrogens is 532 g/mol. The van der Waals surface area contributed by atoms with Crippen molar-refractivity contribution in [2.75, 3.05) is 24.5 Å². The lowest BCUT2D eigenvalue weighted by molar-refractivity contribution is -0.134. The number of aromatic amines is 1. The predicted molar refractivity (Wildman–Crippen MR) is 152 cm³/mol. The molecule has 0 radical (unpaired) electrons. The first kappa shape index (κ1) is 26.0. The number of aliphatic imine (C=N–C) groups is 1. The predicted octanol–water partition coefficient (Wildman–Crippen LogP) is 4.33. The van der Waals surface area contributed by atoms with Crippen molar-refractivity contribution >= 4 is 56.0 Å². The Hall–Kier alpha value is -4.11. The van der Waals surface area contributed by atoms with E-state index in [9.17, 15) is 9.59 Å². The zero-order valence-electron chi connectivity index (χ0n) is 20.3. The van der Waals surface area contributed by atoms with Crippen LogP contribution in [0.1, 0.15) is 12.0 Å². The minimum atomic E-state index is -0.220. The standard InChI is InChI=1S/C28H29BrN6O2/c29-21-10-12-23(13-11-21)35(22-6-2-1-3-7-22)27(37)19-34(26(36)14-16-32-28(30)31)17-15-20-18-33-25-9-5-4-8-24(20)25/h1-13,18,33H,14-17,19H2,(H4,30,31,32). The van der Waals surface area contributed by atoms with Crippen molar-refractivity contribution in [3.8, 4) is 0 Å². The summed E-state index contributed by atoms with van der Waals surface area (Å²) in [5, 5.41) is 1.10. The Balaban J connectivity index is 1.58. The van der Waals surface area contributed by atoms with E-state index in [0.717, 1.165) is 26.6 Å². The van der Waals surface area contributed by atoms with Crippen molar-refractivity contribution in [1.29, 1.82) is 0 Å². The van der Waals surface area contributed by atoms with Crippen LogP contribution in [0.25, 0.3) is 10.9 Å². The van der Waals surface area contributed by atoms with Crippen LogP contribution in [-0.4, -0.2) is 47.3 Å². The number of nitrogens with one attached hydrogen (secondary N) is 1. The summed E-state index contributed by atoms with van der Waals surface area (Å²) >= 11 is 3.45. The molecule has 1 heterocycles. The van der Waals surface area contributed by atoms with E-state index in [-0.39, 0.29) is 37.3 Å². The van der Waals surface area contributed by atoms with Crippen LogP contribution in [0, 0.1) is 0 Å². The summed E-state index contributed by atoms with van der Waals surface area (Å²) in [7, 11) is 0. The first-order valence-corrected chi connectivity index (χ1v) is 12.7. The normalized spacial score (nSPS) is 10.7. The van der Waals surface area contributed by atoms with Crippen molar-refractivity contribution in [3.05, 3.63) is 95.1 Å². The van der Waals surface area contributed by atoms with E-state index < -0.39 is 0 Å². The van der Waals surface area contributed by atoms with Gasteiger partial charge in [0.2, 0.25) is 5.91 Å². The fourth-order valence-electron chi connectivity index (χ4n) is 4.16. The zero-order valence-corrected chi connectivity index (χ0v) is 21.9. The smallest absolute Gasteiger partial charge is 0.251 e. The average molecular weight is 561 g/mol. The maximum atomic E-state index is 13.7. The van der Waals surface area contributed by atoms with Crippen LogP contribution < -0.4 is 16.4 Å². The number of guanidine groups is 1. The Kier molecular flexibility index (Phi) is 8.58. The highest BCUT2D eigenvalue weighted by molar-refractivity contribution is 9.10. The molecular formula is C28H29BrN6O2. The minimum Gasteiger partial charge on any atom is -0.370 e. The van der Waals surface area contributed by atoms with E-state index in [2.05, 4.69) is 25.9 Å². The molecule has 0 bridgehead atoms. The molecule has 0 spiro atoms. The van der Waals surface area contributed by atoms with Gasteiger partial charge >= 0.3 is 0 Å². The molecule has 0 saturated carbocycles. The van der Waals surface area contributed by atoms with Gasteiger partial charge in [-0.15, -0.1) is 0 Å². The van der Waals surface area contributed by atoms with Gasteiger partial charge in [-0.1, -0.05) is 52.3 Å². The molecule has 1 aromatic heterocycles. The van der Waals surface area contributed by atoms with E-state index in [1.807, 2.05) is 85.1 Å². The van der Waals surface area contributed by atoms with Crippen LogP contribution in [0.15, 0.2) is 94.5 Å². The quantitative estimate of drug-likeness (QED) is 0.197. The van der Waals surface area contributed by atoms with Crippen molar-refractivity contribution in [1.82, 2.24) is 9.88 Å². The van der Waals surface area contributed by atoms with Crippen LogP contribution in [-0.2, 0) is 16.0 Å². The van der Waals surface area contributed by atoms with Crippen LogP contribution in [0.3, 0.4) is 0 Å². The number of hydrogen-bond acceptors (Lipinski definition) is 3. The van der Waals surface area contributed by atoms with Gasteiger partial charge in [0.05, 0.1) is 6.54 Å². The van der Waals surface area contributed by atoms with Crippen LogP contribution in [0.4, 0.5) is 11.4 Å². The molecule has 4 aromatic rings. The van der Waals surface area contributed by atoms with Gasteiger partial charge < -0.3 is 21.4 Å². The van der Waals surface area contributed by atoms with Gasteiger partial charge in [0.25, 0.3) is 5.91 Å². The number of fused-ring (bicyclic) bond motifs is 1. The highest BCUT2D eigenvalue weighted by atomic mass is 79.9. The van der Waals surface area contributed by atoms with E-state index in [1.54, 1.807) is 9.80 Å². The molecule has 0 saturated heterocycles. The number of nitrogens with zero attached hydrogens (tertiary/aromatic N) is 3. The summed E-state index contributed by atoms with van der Waals surface area (Å²) in [4.78, 5) is 37.4. The number of hydrogen-bond donors (Lipinski definition) is 3. The fraction of sp³-hybridized carbons (Fsp3) is 0.179. The zero-order chi connectivity index (χ0) is 26.2. The Morgan fingerprint density at radius 3 is 2.27 bits per heavy atom. The molecule has 0 aliphatic carbocycles. The molecule has 4 rings (SSSR count). The third kappa shape index (κ3) is 6.77. The van der Waals surface area contributed by atoms with E-state index in [0.29, 0.717) is 18.7 Å². The number of carbonyl (C=O) groups excluding carboxylic acids is 2. The monoisotopic (exact) mass is 560 g/mol. The SMILES string of the molecule is NC(N)=NCCC(=O)N(CCc1c[nH]c2ccccc12)CC(=O)N(c1ccccc1)c1ccc(Br)cc1. The Labute approximate surface area is 224 Å². The van der Waals surface area contributed by atoms with Gasteiger partial charge in [-0.25, -0.2) is 0 Å². The van der Waals surface area contributed by atoms with Crippen molar-refractivity contribution < 1.29 is 9.59 Å². The molecule has 9 heteroatoms. The van der Waals surface area contributed by atoms with Gasteiger partial charge in [0.15, 0.2) is 5.96 Å². The molecule has 190 valence electrons. The number of anilines is 2. The molecule has 2 amide bonds. The summed E-state index contributed by atoms with van der Waals surface area (Å²) in [6, 6.07) is 24.9. The minimum absolute atomic E-state index is 0.0697. The molecule has 5 N–H and O–H groups in total. The highest BCUT2D eigenvalue weighted by Gasteiger charge is 2.24. The number of benzene rings is 3. The van der Waals surface area contributed by atoms with Crippen LogP contribution in [0.5, 0.6) is 0 Å². The van der Waals surface area contributed by atoms with Gasteiger partial charge in [-0.3, -0.25) is 19.5 Å². The molecule has 0 unspecified atom stereocenters. The highest BCUT2D eigenvalue weighted by Crippen LogP contribution is 2.27. The van der Waals surface area contributed by atoms with Crippen molar-refractivity contribution in [3.63, 3.8) is 0 Å². The number of aromatic nitrogens is 1. The summed E-state index contributed by atoms with van der Waals surface area (Å²) in [6.45, 7) is 0.444. The molecule has 8 nitrogen and oxygen atoms in total. The van der Waals surface area contributed by atoms with Crippen molar-refractivity contribution in [2.45, 2.75) is 12.8 Å². The third-order valence-electron chi connectivity index (χ3n) is 5.97. The second kappa shape index (κ2) is 12.2. The average Bonchev–Trinajstić information content (AvgIpc) is 3.31. The first-order valence-electron chi connectivity index (χ1n) is 11.9. The number of amides is 2. The molecule has 37 heavy (non-hydrogen) atoms. The number of H-pyrrole nitrogens is 1. The van der Waals surface area contributed by atoms with Gasteiger partial charge in [0, 0.05) is 45.9 Å². The summed E-state index contributed by atoms with van der Waals surface area (Å²) in [5.74, 6) is -0.482. The van der Waals surface area contributed by atoms with Crippen LogP contribution in [0.2, 0.25) is 0 Å². The van der Waals surface area contributed by atoms with E-state index >= 15 is 0 Å². The van der Waals surface area contributed by atoms with Crippen LogP contribution >= 0.6 is 15.9 Å². The van der Waals surface area contributed by atoms with Crippen molar-refractivity contribution in [2.24, 2.45) is 16.5 Å². The van der Waals surface area contributed by atoms with Gasteiger partial charge in [-0.05, 0) is 54.4 Å². The Bertz CT molecular complexity index is 1380. The fourth-order valence-corrected chi connectivity index (χ4v) is 4.43. The molecule has 3 aromatic carbocycles. The maximum Gasteiger partial charge on any atom is 0.251 e. The number of halogens is 1. The maximum absolute atomic E-state index is 13.7. The number of carbonyl (C=O) groups is 2. The molecule has 0 aliphatic heterocycles. The second-order valence-corrected chi connectivity index (χ2v) is 9.44. The summed E-state index contributed by atoms with van der Waals surface area (Å²) < 4.78 is 0.909. The number of para-hydroxylation sites is 2. The molecule has 0 atom stereocenters. The Morgan fingerprint density at radius 2 is 1.54 bits per heavy atom. The van der Waals surface area contributed by atoms with E-state index in [1.165, 1.54) is 0 Å². The lowest BCUT2D eigenvalue weighted by Gasteiger charge is -2.28. The third-order valence-corrected chi connectivity index (χ3v) is 6.50. The topological polar surface area (TPSA) is 121 Å². The van der Waals surface area contributed by atoms with E-state index in [4.69, 9.17) is 11.5 Å².